The minimum Gasteiger partial charge on any atom is -0.299 e. The number of sulfonamides is 1. The van der Waals surface area contributed by atoms with Gasteiger partial charge in [-0.2, -0.15) is 12.8 Å². The summed E-state index contributed by atoms with van der Waals surface area (Å²) in [6.45, 7) is 3.91. The molecular weight excluding hydrogens is 250 g/mol. The van der Waals surface area contributed by atoms with E-state index in [4.69, 9.17) is 0 Å². The van der Waals surface area contributed by atoms with E-state index in [-0.39, 0.29) is 23.0 Å². The van der Waals surface area contributed by atoms with E-state index >= 15 is 0 Å². The van der Waals surface area contributed by atoms with Gasteiger partial charge in [0, 0.05) is 12.0 Å². The molecule has 0 amide bonds. The van der Waals surface area contributed by atoms with Gasteiger partial charge >= 0.3 is 0 Å². The summed E-state index contributed by atoms with van der Waals surface area (Å²) < 4.78 is 27.2. The number of benzene rings is 1. The van der Waals surface area contributed by atoms with E-state index in [0.29, 0.717) is 17.7 Å². The first kappa shape index (κ1) is 13.0. The highest BCUT2D eigenvalue weighted by Crippen LogP contribution is 2.27. The molecule has 0 aliphatic carbocycles. The molecule has 0 saturated carbocycles. The predicted molar refractivity (Wildman–Crippen MR) is 69.2 cm³/mol. The first-order chi connectivity index (χ1) is 8.40. The summed E-state index contributed by atoms with van der Waals surface area (Å²) in [4.78, 5) is 12.0. The van der Waals surface area contributed by atoms with Crippen LogP contribution in [0.3, 0.4) is 0 Å². The second-order valence-electron chi connectivity index (χ2n) is 4.82. The Morgan fingerprint density at radius 3 is 2.61 bits per heavy atom. The highest BCUT2D eigenvalue weighted by Gasteiger charge is 2.29. The van der Waals surface area contributed by atoms with Crippen molar-refractivity contribution < 1.29 is 13.2 Å². The van der Waals surface area contributed by atoms with Crippen LogP contribution in [0.2, 0.25) is 0 Å². The molecular formula is C13H15NO3S. The zero-order valence-electron chi connectivity index (χ0n) is 10.4. The molecule has 0 N–H and O–H groups in total. The van der Waals surface area contributed by atoms with Gasteiger partial charge in [-0.15, -0.1) is 0 Å². The Balaban J connectivity index is 2.29. The fourth-order valence-electron chi connectivity index (χ4n) is 2.02. The van der Waals surface area contributed by atoms with Gasteiger partial charge in [-0.3, -0.25) is 4.79 Å². The van der Waals surface area contributed by atoms with Gasteiger partial charge in [0.15, 0.2) is 0 Å². The van der Waals surface area contributed by atoms with Crippen LogP contribution >= 0.6 is 0 Å². The van der Waals surface area contributed by atoms with Crippen molar-refractivity contribution in [3.63, 3.8) is 0 Å². The minimum atomic E-state index is -3.59. The summed E-state index contributed by atoms with van der Waals surface area (Å²) >= 11 is 0. The van der Waals surface area contributed by atoms with Crippen molar-refractivity contribution in [3.05, 3.63) is 29.8 Å². The Kier molecular flexibility index (Phi) is 3.34. The maximum atomic E-state index is 11.8. The molecule has 1 heterocycles. The standard InChI is InChI=1S/C13H15NO3S/c1-9(2)7-10(15)8-12-11-5-3-4-6-13(11)18(16,17)14-12/h3-6,9H,7-8H2,1-2H3. The third-order valence-electron chi connectivity index (χ3n) is 2.71. The van der Waals surface area contributed by atoms with Gasteiger partial charge in [-0.05, 0) is 12.0 Å². The van der Waals surface area contributed by atoms with E-state index < -0.39 is 10.0 Å². The third kappa shape index (κ3) is 2.51. The molecule has 1 aliphatic rings. The van der Waals surface area contributed by atoms with Crippen LogP contribution in [-0.4, -0.2) is 19.9 Å². The zero-order chi connectivity index (χ0) is 13.3. The van der Waals surface area contributed by atoms with E-state index in [1.165, 1.54) is 6.07 Å². The number of carbonyl (C=O) groups is 1. The molecule has 18 heavy (non-hydrogen) atoms. The van der Waals surface area contributed by atoms with Crippen LogP contribution in [-0.2, 0) is 14.8 Å². The molecule has 0 unspecified atom stereocenters. The highest BCUT2D eigenvalue weighted by atomic mass is 32.2. The zero-order valence-corrected chi connectivity index (χ0v) is 11.2. The van der Waals surface area contributed by atoms with Crippen molar-refractivity contribution in [1.29, 1.82) is 0 Å². The average molecular weight is 265 g/mol. The first-order valence-corrected chi connectivity index (χ1v) is 7.29. The van der Waals surface area contributed by atoms with Gasteiger partial charge in [0.25, 0.3) is 10.0 Å². The maximum Gasteiger partial charge on any atom is 0.283 e. The Hall–Kier alpha value is -1.49. The maximum absolute atomic E-state index is 11.8. The van der Waals surface area contributed by atoms with Gasteiger partial charge in [0.05, 0.1) is 17.0 Å². The second kappa shape index (κ2) is 4.65. The van der Waals surface area contributed by atoms with Gasteiger partial charge < -0.3 is 0 Å². The third-order valence-corrected chi connectivity index (χ3v) is 4.08. The van der Waals surface area contributed by atoms with Crippen LogP contribution in [0.5, 0.6) is 0 Å². The van der Waals surface area contributed by atoms with Crippen molar-refractivity contribution in [2.75, 3.05) is 0 Å². The van der Waals surface area contributed by atoms with Crippen LogP contribution in [0.4, 0.5) is 0 Å². The molecule has 0 radical (unpaired) electrons. The van der Waals surface area contributed by atoms with Crippen LogP contribution in [0.1, 0.15) is 32.3 Å². The molecule has 0 spiro atoms. The van der Waals surface area contributed by atoms with Crippen LogP contribution in [0.15, 0.2) is 33.6 Å². The van der Waals surface area contributed by atoms with Crippen molar-refractivity contribution in [2.45, 2.75) is 31.6 Å². The lowest BCUT2D eigenvalue weighted by molar-refractivity contribution is -0.118. The summed E-state index contributed by atoms with van der Waals surface area (Å²) in [5.74, 6) is 0.294. The highest BCUT2D eigenvalue weighted by molar-refractivity contribution is 7.90. The normalized spacial score (nSPS) is 16.5. The fraction of sp³-hybridized carbons (Fsp3) is 0.385. The van der Waals surface area contributed by atoms with Crippen molar-refractivity contribution in [2.24, 2.45) is 10.3 Å². The first-order valence-electron chi connectivity index (χ1n) is 5.85. The molecule has 0 atom stereocenters. The molecule has 0 bridgehead atoms. The molecule has 0 saturated heterocycles. The number of hydrogen-bond acceptors (Lipinski definition) is 3. The lowest BCUT2D eigenvalue weighted by atomic mass is 10.00. The second-order valence-corrected chi connectivity index (χ2v) is 6.40. The van der Waals surface area contributed by atoms with Crippen LogP contribution < -0.4 is 0 Å². The van der Waals surface area contributed by atoms with E-state index in [9.17, 15) is 13.2 Å². The Bertz CT molecular complexity index is 615. The average Bonchev–Trinajstić information content (AvgIpc) is 2.50. The summed E-state index contributed by atoms with van der Waals surface area (Å²) in [5.41, 5.74) is 0.936. The molecule has 1 aromatic rings. The molecule has 1 aromatic carbocycles. The van der Waals surface area contributed by atoms with Gasteiger partial charge in [0.2, 0.25) is 0 Å². The molecule has 5 heteroatoms. The Morgan fingerprint density at radius 2 is 1.94 bits per heavy atom. The van der Waals surface area contributed by atoms with Crippen molar-refractivity contribution in [3.8, 4) is 0 Å². The van der Waals surface area contributed by atoms with Crippen LogP contribution in [0.25, 0.3) is 0 Å². The van der Waals surface area contributed by atoms with Gasteiger partial charge in [0.1, 0.15) is 5.78 Å². The van der Waals surface area contributed by atoms with E-state index in [1.807, 2.05) is 13.8 Å². The summed E-state index contributed by atoms with van der Waals surface area (Å²) in [5, 5.41) is 0. The van der Waals surface area contributed by atoms with Gasteiger partial charge in [-0.1, -0.05) is 32.0 Å². The minimum absolute atomic E-state index is 0.0238. The topological polar surface area (TPSA) is 63.6 Å². The SMILES string of the molecule is CC(C)CC(=O)CC1=NS(=O)(=O)c2ccccc21. The lowest BCUT2D eigenvalue weighted by Crippen LogP contribution is -2.09. The molecule has 96 valence electrons. The summed E-state index contributed by atoms with van der Waals surface area (Å²) in [6.07, 6.45) is 0.537. The smallest absolute Gasteiger partial charge is 0.283 e. The number of ketones is 1. The predicted octanol–water partition coefficient (Wildman–Crippen LogP) is 2.18. The molecule has 1 aliphatic heterocycles. The number of nitrogens with zero attached hydrogens (tertiary/aromatic N) is 1. The molecule has 4 nitrogen and oxygen atoms in total. The van der Waals surface area contributed by atoms with Gasteiger partial charge in [-0.25, -0.2) is 0 Å². The largest absolute Gasteiger partial charge is 0.299 e. The van der Waals surface area contributed by atoms with E-state index in [1.54, 1.807) is 18.2 Å². The summed E-state index contributed by atoms with van der Waals surface area (Å²) in [7, 11) is -3.59. The number of rotatable bonds is 4. The Morgan fingerprint density at radius 1 is 1.28 bits per heavy atom. The lowest BCUT2D eigenvalue weighted by Gasteiger charge is -2.04. The van der Waals surface area contributed by atoms with E-state index in [2.05, 4.69) is 4.40 Å². The monoisotopic (exact) mass is 265 g/mol. The van der Waals surface area contributed by atoms with E-state index in [0.717, 1.165) is 0 Å². The number of fused-ring (bicyclic) bond motifs is 1. The number of Topliss-reactive ketones (excluding diaryl/α,β-unsaturated/α-hetero) is 1. The molecule has 0 aromatic heterocycles. The summed E-state index contributed by atoms with van der Waals surface area (Å²) in [6, 6.07) is 6.63. The Labute approximate surface area is 107 Å². The number of hydrogen-bond donors (Lipinski definition) is 0. The van der Waals surface area contributed by atoms with Crippen LogP contribution in [0, 0.1) is 5.92 Å². The molecule has 0 fully saturated rings. The van der Waals surface area contributed by atoms with Crippen molar-refractivity contribution >= 4 is 21.5 Å². The fourth-order valence-corrected chi connectivity index (χ4v) is 3.28. The number of carbonyl (C=O) groups excluding carboxylic acids is 1. The molecule has 2 rings (SSSR count). The quantitative estimate of drug-likeness (QED) is 0.838. The van der Waals surface area contributed by atoms with Crippen molar-refractivity contribution in [1.82, 2.24) is 0 Å².